The van der Waals surface area contributed by atoms with E-state index in [2.05, 4.69) is 42.1 Å². The number of thiazole rings is 1. The molecule has 25 heavy (non-hydrogen) atoms. The summed E-state index contributed by atoms with van der Waals surface area (Å²) in [6, 6.07) is 10.0. The van der Waals surface area contributed by atoms with E-state index in [-0.39, 0.29) is 5.91 Å². The molecule has 3 nitrogen and oxygen atoms in total. The van der Waals surface area contributed by atoms with Crippen LogP contribution in [0.2, 0.25) is 0 Å². The highest BCUT2D eigenvalue weighted by Crippen LogP contribution is 2.22. The van der Waals surface area contributed by atoms with Gasteiger partial charge in [-0.15, -0.1) is 6.58 Å². The van der Waals surface area contributed by atoms with Gasteiger partial charge in [0, 0.05) is 12.1 Å². The minimum absolute atomic E-state index is 0.207. The smallest absolute Gasteiger partial charge is 0.279 e. The molecule has 0 fully saturated rings. The number of aryl methyl sites for hydroxylation is 4. The molecule has 1 amide bonds. The van der Waals surface area contributed by atoms with Crippen molar-refractivity contribution < 1.29 is 4.79 Å². The normalized spacial score (nSPS) is 11.9. The van der Waals surface area contributed by atoms with E-state index in [0.29, 0.717) is 16.9 Å². The molecule has 128 valence electrons. The molecule has 1 heterocycles. The molecule has 4 heteroatoms. The van der Waals surface area contributed by atoms with Crippen LogP contribution in [0.3, 0.4) is 0 Å². The molecule has 0 saturated carbocycles. The molecular weight excluding hydrogens is 328 g/mol. The van der Waals surface area contributed by atoms with Gasteiger partial charge in [0.25, 0.3) is 5.91 Å². The fourth-order valence-corrected chi connectivity index (χ4v) is 3.86. The van der Waals surface area contributed by atoms with E-state index in [4.69, 9.17) is 0 Å². The van der Waals surface area contributed by atoms with Crippen molar-refractivity contribution in [2.75, 3.05) is 0 Å². The highest BCUT2D eigenvalue weighted by atomic mass is 32.1. The van der Waals surface area contributed by atoms with E-state index in [0.717, 1.165) is 15.8 Å². The summed E-state index contributed by atoms with van der Waals surface area (Å²) in [5.41, 5.74) is 6.47. The fourth-order valence-electron chi connectivity index (χ4n) is 2.74. The molecule has 0 aliphatic rings. The Hall–Kier alpha value is -2.46. The number of hydrogen-bond acceptors (Lipinski definition) is 2. The van der Waals surface area contributed by atoms with Gasteiger partial charge in [-0.25, -0.2) is 0 Å². The molecule has 0 N–H and O–H groups in total. The second-order valence-corrected chi connectivity index (χ2v) is 7.41. The summed E-state index contributed by atoms with van der Waals surface area (Å²) in [5.74, 6) is -0.207. The summed E-state index contributed by atoms with van der Waals surface area (Å²) < 4.78 is 3.19. The van der Waals surface area contributed by atoms with Gasteiger partial charge in [-0.3, -0.25) is 4.79 Å². The van der Waals surface area contributed by atoms with Crippen LogP contribution in [0.15, 0.2) is 48.0 Å². The zero-order chi connectivity index (χ0) is 18.1. The third kappa shape index (κ3) is 3.35. The van der Waals surface area contributed by atoms with Gasteiger partial charge in [0.05, 0.1) is 10.2 Å². The molecule has 0 bridgehead atoms. The van der Waals surface area contributed by atoms with Crippen LogP contribution in [0, 0.1) is 27.7 Å². The zero-order valence-electron chi connectivity index (χ0n) is 15.1. The summed E-state index contributed by atoms with van der Waals surface area (Å²) in [6.07, 6.45) is 1.83. The number of benzene rings is 2. The quantitative estimate of drug-likeness (QED) is 0.621. The molecule has 3 aromatic rings. The molecule has 0 radical (unpaired) electrons. The van der Waals surface area contributed by atoms with Crippen LogP contribution in [-0.2, 0) is 6.54 Å². The average molecular weight is 350 g/mol. The Morgan fingerprint density at radius 3 is 2.44 bits per heavy atom. The number of hydrogen-bond donors (Lipinski definition) is 0. The largest absolute Gasteiger partial charge is 0.312 e. The second-order valence-electron chi connectivity index (χ2n) is 6.40. The lowest BCUT2D eigenvalue weighted by atomic mass is 10.1. The molecular formula is C21H22N2OS. The van der Waals surface area contributed by atoms with E-state index >= 15 is 0 Å². The third-order valence-electron chi connectivity index (χ3n) is 4.56. The Morgan fingerprint density at radius 2 is 1.76 bits per heavy atom. The monoisotopic (exact) mass is 350 g/mol. The Labute approximate surface area is 152 Å². The molecule has 2 aromatic carbocycles. The number of nitrogens with zero attached hydrogens (tertiary/aromatic N) is 2. The Morgan fingerprint density at radius 1 is 1.08 bits per heavy atom. The van der Waals surface area contributed by atoms with Crippen molar-refractivity contribution in [1.29, 1.82) is 0 Å². The van der Waals surface area contributed by atoms with E-state index < -0.39 is 0 Å². The third-order valence-corrected chi connectivity index (χ3v) is 5.60. The second kappa shape index (κ2) is 6.81. The van der Waals surface area contributed by atoms with Crippen molar-refractivity contribution in [3.63, 3.8) is 0 Å². The van der Waals surface area contributed by atoms with Gasteiger partial charge in [0.1, 0.15) is 0 Å². The Balaban J connectivity index is 2.17. The molecule has 1 aromatic heterocycles. The van der Waals surface area contributed by atoms with Crippen LogP contribution >= 0.6 is 11.3 Å². The molecule has 0 unspecified atom stereocenters. The van der Waals surface area contributed by atoms with Gasteiger partial charge in [0.15, 0.2) is 4.80 Å². The average Bonchev–Trinajstić information content (AvgIpc) is 2.88. The first-order valence-electron chi connectivity index (χ1n) is 8.28. The summed E-state index contributed by atoms with van der Waals surface area (Å²) in [6.45, 7) is 12.7. The maximum Gasteiger partial charge on any atom is 0.279 e. The zero-order valence-corrected chi connectivity index (χ0v) is 15.9. The van der Waals surface area contributed by atoms with Gasteiger partial charge in [-0.1, -0.05) is 23.5 Å². The summed E-state index contributed by atoms with van der Waals surface area (Å²) >= 11 is 1.54. The predicted octanol–water partition coefficient (Wildman–Crippen LogP) is 4.86. The lowest BCUT2D eigenvalue weighted by Gasteiger charge is -2.04. The molecule has 0 saturated heterocycles. The van der Waals surface area contributed by atoms with Crippen LogP contribution in [0.25, 0.3) is 10.2 Å². The minimum Gasteiger partial charge on any atom is -0.312 e. The predicted molar refractivity (Wildman–Crippen MR) is 105 cm³/mol. The van der Waals surface area contributed by atoms with Gasteiger partial charge >= 0.3 is 0 Å². The van der Waals surface area contributed by atoms with Crippen molar-refractivity contribution in [2.45, 2.75) is 34.2 Å². The molecule has 0 aliphatic carbocycles. The van der Waals surface area contributed by atoms with Crippen molar-refractivity contribution in [1.82, 2.24) is 4.57 Å². The first-order chi connectivity index (χ1) is 11.9. The van der Waals surface area contributed by atoms with E-state index in [1.54, 1.807) is 11.3 Å². The van der Waals surface area contributed by atoms with Crippen molar-refractivity contribution in [3.05, 3.63) is 75.6 Å². The maximum absolute atomic E-state index is 12.6. The number of carbonyl (C=O) groups excluding carboxylic acids is 1. The van der Waals surface area contributed by atoms with E-state index in [9.17, 15) is 4.79 Å². The van der Waals surface area contributed by atoms with Crippen LogP contribution in [-0.4, -0.2) is 10.5 Å². The van der Waals surface area contributed by atoms with Crippen molar-refractivity contribution in [3.8, 4) is 0 Å². The number of carbonyl (C=O) groups is 1. The van der Waals surface area contributed by atoms with Crippen molar-refractivity contribution in [2.24, 2.45) is 4.99 Å². The van der Waals surface area contributed by atoms with E-state index in [1.807, 2.05) is 38.1 Å². The minimum atomic E-state index is -0.207. The SMILES string of the molecule is C=CCn1c(=NC(=O)c2ccc(C)c(C)c2)sc2cc(C)c(C)cc21. The molecule has 3 rings (SSSR count). The lowest BCUT2D eigenvalue weighted by Crippen LogP contribution is -2.16. The van der Waals surface area contributed by atoms with Gasteiger partial charge in [-0.05, 0) is 74.2 Å². The summed E-state index contributed by atoms with van der Waals surface area (Å²) in [7, 11) is 0. The first kappa shape index (κ1) is 17.4. The Bertz CT molecular complexity index is 1050. The summed E-state index contributed by atoms with van der Waals surface area (Å²) in [5, 5.41) is 0. The maximum atomic E-state index is 12.6. The molecule has 0 spiro atoms. The van der Waals surface area contributed by atoms with Crippen molar-refractivity contribution >= 4 is 27.5 Å². The molecule has 0 aliphatic heterocycles. The lowest BCUT2D eigenvalue weighted by molar-refractivity contribution is 0.0998. The topological polar surface area (TPSA) is 34.4 Å². The van der Waals surface area contributed by atoms with Crippen LogP contribution in [0.5, 0.6) is 0 Å². The van der Waals surface area contributed by atoms with E-state index in [1.165, 1.54) is 16.7 Å². The number of rotatable bonds is 3. The standard InChI is InChI=1S/C21H22N2OS/c1-6-9-23-18-11-15(4)16(5)12-19(18)25-21(23)22-20(24)17-8-7-13(2)14(3)10-17/h6-8,10-12H,1,9H2,2-5H3. The van der Waals surface area contributed by atoms with Crippen LogP contribution in [0.4, 0.5) is 0 Å². The number of allylic oxidation sites excluding steroid dienone is 1. The molecule has 0 atom stereocenters. The summed E-state index contributed by atoms with van der Waals surface area (Å²) in [4.78, 5) is 17.8. The fraction of sp³-hybridized carbons (Fsp3) is 0.238. The van der Waals surface area contributed by atoms with Crippen LogP contribution in [0.1, 0.15) is 32.6 Å². The van der Waals surface area contributed by atoms with Gasteiger partial charge in [-0.2, -0.15) is 4.99 Å². The number of amides is 1. The Kier molecular flexibility index (Phi) is 4.73. The highest BCUT2D eigenvalue weighted by molar-refractivity contribution is 7.16. The van der Waals surface area contributed by atoms with Gasteiger partial charge < -0.3 is 4.57 Å². The number of fused-ring (bicyclic) bond motifs is 1. The highest BCUT2D eigenvalue weighted by Gasteiger charge is 2.10. The van der Waals surface area contributed by atoms with Crippen LogP contribution < -0.4 is 4.80 Å². The first-order valence-corrected chi connectivity index (χ1v) is 9.10. The number of aromatic nitrogens is 1. The van der Waals surface area contributed by atoms with Gasteiger partial charge in [0.2, 0.25) is 0 Å².